The van der Waals surface area contributed by atoms with E-state index in [4.69, 9.17) is 0 Å². The summed E-state index contributed by atoms with van der Waals surface area (Å²) >= 11 is 0. The molecule has 0 aliphatic carbocycles. The van der Waals surface area contributed by atoms with Gasteiger partial charge in [0.05, 0.1) is 0 Å². The van der Waals surface area contributed by atoms with Crippen molar-refractivity contribution < 1.29 is 4.79 Å². The lowest BCUT2D eigenvalue weighted by molar-refractivity contribution is -0.122. The second kappa shape index (κ2) is 18.8. The maximum Gasteiger partial charge on any atom is 0.220 e. The molecule has 0 saturated carbocycles. The summed E-state index contributed by atoms with van der Waals surface area (Å²) in [6, 6.07) is 0.385. The Balaban J connectivity index is 1.38. The van der Waals surface area contributed by atoms with Crippen molar-refractivity contribution in [2.24, 2.45) is 0 Å². The minimum absolute atomic E-state index is 0.290. The molecule has 4 nitrogen and oxygen atoms in total. The van der Waals surface area contributed by atoms with Gasteiger partial charge in [-0.2, -0.15) is 0 Å². The number of nitrogens with zero attached hydrogens (tertiary/aromatic N) is 2. The maximum atomic E-state index is 12.4. The average Bonchev–Trinajstić information content (AvgIpc) is 2.81. The van der Waals surface area contributed by atoms with Gasteiger partial charge in [0, 0.05) is 19.0 Å². The molecule has 2 aliphatic rings. The number of piperidine rings is 2. The van der Waals surface area contributed by atoms with E-state index >= 15 is 0 Å². The predicted molar refractivity (Wildman–Crippen MR) is 138 cm³/mol. The van der Waals surface area contributed by atoms with Crippen LogP contribution in [0.3, 0.4) is 0 Å². The molecular formula is C28H55N3O. The molecule has 0 radical (unpaired) electrons. The molecule has 0 aromatic rings. The number of rotatable bonds is 18. The summed E-state index contributed by atoms with van der Waals surface area (Å²) in [6.45, 7) is 9.77. The van der Waals surface area contributed by atoms with Crippen molar-refractivity contribution in [2.75, 3.05) is 39.3 Å². The third-order valence-electron chi connectivity index (χ3n) is 7.53. The van der Waals surface area contributed by atoms with Gasteiger partial charge in [0.1, 0.15) is 0 Å². The number of nitrogens with one attached hydrogen (secondary N) is 1. The summed E-state index contributed by atoms with van der Waals surface area (Å²) in [5, 5.41) is 3.33. The highest BCUT2D eigenvalue weighted by molar-refractivity contribution is 5.76. The normalized spacial score (nSPS) is 20.5. The number of hydrogen-bond acceptors (Lipinski definition) is 3. The lowest BCUT2D eigenvalue weighted by Crippen LogP contribution is -2.47. The Kier molecular flexibility index (Phi) is 16.2. The van der Waals surface area contributed by atoms with Gasteiger partial charge in [-0.15, -0.1) is 0 Å². The molecule has 0 aromatic heterocycles. The highest BCUT2D eigenvalue weighted by atomic mass is 16.1. The summed E-state index contributed by atoms with van der Waals surface area (Å²) in [4.78, 5) is 17.6. The first-order valence-electron chi connectivity index (χ1n) is 14.5. The van der Waals surface area contributed by atoms with Gasteiger partial charge < -0.3 is 15.1 Å². The van der Waals surface area contributed by atoms with Crippen molar-refractivity contribution in [1.82, 2.24) is 15.1 Å². The summed E-state index contributed by atoms with van der Waals surface area (Å²) in [5.41, 5.74) is 0. The van der Waals surface area contributed by atoms with E-state index in [1.165, 1.54) is 135 Å². The van der Waals surface area contributed by atoms with E-state index in [1.807, 2.05) is 0 Å². The molecule has 188 valence electrons. The van der Waals surface area contributed by atoms with Crippen molar-refractivity contribution in [3.8, 4) is 0 Å². The Morgan fingerprint density at radius 3 is 1.94 bits per heavy atom. The molecule has 0 aromatic carbocycles. The van der Waals surface area contributed by atoms with Crippen LogP contribution in [-0.4, -0.2) is 61.0 Å². The Morgan fingerprint density at radius 2 is 1.25 bits per heavy atom. The molecule has 1 unspecified atom stereocenters. The van der Waals surface area contributed by atoms with Crippen LogP contribution in [0.15, 0.2) is 0 Å². The molecule has 1 N–H and O–H groups in total. The quantitative estimate of drug-likeness (QED) is 0.241. The first-order valence-corrected chi connectivity index (χ1v) is 14.5. The zero-order valence-corrected chi connectivity index (χ0v) is 21.6. The van der Waals surface area contributed by atoms with Gasteiger partial charge in [0.2, 0.25) is 5.91 Å². The van der Waals surface area contributed by atoms with E-state index in [0.29, 0.717) is 6.04 Å². The zero-order chi connectivity index (χ0) is 22.7. The first-order chi connectivity index (χ1) is 15.8. The highest BCUT2D eigenvalue weighted by Crippen LogP contribution is 2.14. The summed E-state index contributed by atoms with van der Waals surface area (Å²) in [7, 11) is 0. The van der Waals surface area contributed by atoms with Crippen molar-refractivity contribution in [2.45, 2.75) is 135 Å². The highest BCUT2D eigenvalue weighted by Gasteiger charge is 2.20. The average molecular weight is 450 g/mol. The Morgan fingerprint density at radius 1 is 0.688 bits per heavy atom. The van der Waals surface area contributed by atoms with E-state index in [9.17, 15) is 4.79 Å². The molecular weight excluding hydrogens is 394 g/mol. The molecule has 0 spiro atoms. The number of carbonyl (C=O) groups is 1. The Hall–Kier alpha value is -0.610. The molecule has 1 atom stereocenters. The van der Waals surface area contributed by atoms with Gasteiger partial charge >= 0.3 is 0 Å². The molecule has 2 fully saturated rings. The van der Waals surface area contributed by atoms with Crippen LogP contribution in [0.4, 0.5) is 0 Å². The van der Waals surface area contributed by atoms with Gasteiger partial charge in [0.25, 0.3) is 0 Å². The minimum atomic E-state index is 0.290. The van der Waals surface area contributed by atoms with Gasteiger partial charge in [-0.3, -0.25) is 4.79 Å². The fourth-order valence-electron chi connectivity index (χ4n) is 5.48. The van der Waals surface area contributed by atoms with Gasteiger partial charge in [-0.1, -0.05) is 77.6 Å². The third-order valence-corrected chi connectivity index (χ3v) is 7.53. The summed E-state index contributed by atoms with van der Waals surface area (Å²) < 4.78 is 0. The molecule has 2 heterocycles. The van der Waals surface area contributed by atoms with Gasteiger partial charge in [-0.05, 0) is 77.7 Å². The number of unbranched alkanes of at least 4 members (excludes halogenated alkanes) is 11. The largest absolute Gasteiger partial charge is 0.352 e. The molecule has 2 saturated heterocycles. The summed E-state index contributed by atoms with van der Waals surface area (Å²) in [6.07, 6.45) is 24.6. The van der Waals surface area contributed by atoms with Crippen LogP contribution >= 0.6 is 0 Å². The lowest BCUT2D eigenvalue weighted by atomic mass is 10.0. The SMILES string of the molecule is CCCCCCCCN1CCCC(NC(=O)CCCCCCCCCN2CCCCC2)C1. The maximum absolute atomic E-state index is 12.4. The van der Waals surface area contributed by atoms with Crippen LogP contribution in [-0.2, 0) is 4.79 Å². The van der Waals surface area contributed by atoms with Crippen LogP contribution < -0.4 is 5.32 Å². The monoisotopic (exact) mass is 449 g/mol. The lowest BCUT2D eigenvalue weighted by Gasteiger charge is -2.33. The second-order valence-electron chi connectivity index (χ2n) is 10.6. The number of likely N-dealkylation sites (tertiary alicyclic amines) is 2. The van der Waals surface area contributed by atoms with Crippen molar-refractivity contribution in [3.05, 3.63) is 0 Å². The Labute approximate surface area is 200 Å². The van der Waals surface area contributed by atoms with E-state index in [0.717, 1.165) is 25.8 Å². The zero-order valence-electron chi connectivity index (χ0n) is 21.6. The van der Waals surface area contributed by atoms with E-state index in [2.05, 4.69) is 22.0 Å². The van der Waals surface area contributed by atoms with E-state index < -0.39 is 0 Å². The molecule has 2 aliphatic heterocycles. The fourth-order valence-corrected chi connectivity index (χ4v) is 5.48. The topological polar surface area (TPSA) is 35.6 Å². The molecule has 32 heavy (non-hydrogen) atoms. The van der Waals surface area contributed by atoms with Gasteiger partial charge in [0.15, 0.2) is 0 Å². The van der Waals surface area contributed by atoms with Crippen molar-refractivity contribution in [1.29, 1.82) is 0 Å². The predicted octanol–water partition coefficient (Wildman–Crippen LogP) is 6.53. The van der Waals surface area contributed by atoms with Crippen LogP contribution in [0, 0.1) is 0 Å². The smallest absolute Gasteiger partial charge is 0.220 e. The minimum Gasteiger partial charge on any atom is -0.352 e. The number of hydrogen-bond donors (Lipinski definition) is 1. The van der Waals surface area contributed by atoms with Crippen LogP contribution in [0.1, 0.15) is 129 Å². The number of amides is 1. The number of carbonyl (C=O) groups excluding carboxylic acids is 1. The molecule has 0 bridgehead atoms. The van der Waals surface area contributed by atoms with Crippen molar-refractivity contribution >= 4 is 5.91 Å². The first kappa shape index (κ1) is 27.6. The molecule has 4 heteroatoms. The molecule has 1 amide bonds. The van der Waals surface area contributed by atoms with E-state index in [1.54, 1.807) is 0 Å². The van der Waals surface area contributed by atoms with Crippen LogP contribution in [0.2, 0.25) is 0 Å². The third kappa shape index (κ3) is 13.8. The standard InChI is InChI=1S/C28H55N3O/c1-2-3-4-5-10-15-24-31-25-18-19-27(26-31)29-28(32)20-13-9-7-6-8-11-14-21-30-22-16-12-17-23-30/h27H,2-26H2,1H3,(H,29,32). The van der Waals surface area contributed by atoms with Crippen LogP contribution in [0.5, 0.6) is 0 Å². The van der Waals surface area contributed by atoms with Crippen molar-refractivity contribution in [3.63, 3.8) is 0 Å². The Bertz CT molecular complexity index is 450. The summed E-state index contributed by atoms with van der Waals surface area (Å²) in [5.74, 6) is 0.290. The van der Waals surface area contributed by atoms with Crippen LogP contribution in [0.25, 0.3) is 0 Å². The molecule has 2 rings (SSSR count). The van der Waals surface area contributed by atoms with Gasteiger partial charge in [-0.25, -0.2) is 0 Å². The second-order valence-corrected chi connectivity index (χ2v) is 10.6. The van der Waals surface area contributed by atoms with E-state index in [-0.39, 0.29) is 5.91 Å². The fraction of sp³-hybridized carbons (Fsp3) is 0.964.